The third-order valence-electron chi connectivity index (χ3n) is 3.12. The van der Waals surface area contributed by atoms with Gasteiger partial charge in [0.2, 0.25) is 0 Å². The molecule has 1 fully saturated rings. The lowest BCUT2D eigenvalue weighted by Crippen LogP contribution is -2.26. The molecule has 1 saturated carbocycles. The first-order chi connectivity index (χ1) is 8.63. The fraction of sp³-hybridized carbons (Fsp3) is 0.429. The lowest BCUT2D eigenvalue weighted by atomic mass is 10.1. The molecule has 0 heterocycles. The Kier molecular flexibility index (Phi) is 4.03. The first kappa shape index (κ1) is 13.1. The minimum atomic E-state index is 0.0587. The van der Waals surface area contributed by atoms with Gasteiger partial charge in [0, 0.05) is 28.3 Å². The van der Waals surface area contributed by atoms with E-state index in [1.165, 1.54) is 12.8 Å². The summed E-state index contributed by atoms with van der Waals surface area (Å²) in [5, 5.41) is 8.71. The summed E-state index contributed by atoms with van der Waals surface area (Å²) < 4.78 is 0.829. The second-order valence-corrected chi connectivity index (χ2v) is 5.41. The van der Waals surface area contributed by atoms with Gasteiger partial charge in [0.15, 0.2) is 5.78 Å². The van der Waals surface area contributed by atoms with E-state index in [9.17, 15) is 4.79 Å². The molecule has 18 heavy (non-hydrogen) atoms. The Morgan fingerprint density at radius 1 is 1.56 bits per heavy atom. The van der Waals surface area contributed by atoms with E-state index < -0.39 is 0 Å². The first-order valence-electron chi connectivity index (χ1n) is 6.07. The summed E-state index contributed by atoms with van der Waals surface area (Å²) in [5.41, 5.74) is 1.79. The highest BCUT2D eigenvalue weighted by Gasteiger charge is 2.29. The third kappa shape index (κ3) is 2.91. The van der Waals surface area contributed by atoms with Crippen molar-refractivity contribution in [1.29, 1.82) is 5.26 Å². The molecular formula is C14H15BrN2O. The van der Waals surface area contributed by atoms with E-state index in [0.717, 1.165) is 16.7 Å². The standard InChI is InChI=1S/C14H15BrN2O/c1-10(18)13-6-5-12(9-14(13)15)17(8-2-7-16)11-3-4-11/h5-6,9,11H,2-4,8H2,1H3. The molecule has 1 aromatic carbocycles. The number of carbonyl (C=O) groups is 1. The second-order valence-electron chi connectivity index (χ2n) is 4.55. The molecule has 3 nitrogen and oxygen atoms in total. The largest absolute Gasteiger partial charge is 0.367 e. The number of nitrogens with zero attached hydrogens (tertiary/aromatic N) is 2. The normalized spacial score (nSPS) is 14.1. The number of halogens is 1. The quantitative estimate of drug-likeness (QED) is 0.782. The molecule has 0 amide bonds. The van der Waals surface area contributed by atoms with Crippen LogP contribution in [0.2, 0.25) is 0 Å². The number of hydrogen-bond acceptors (Lipinski definition) is 3. The van der Waals surface area contributed by atoms with Crippen LogP contribution in [0.3, 0.4) is 0 Å². The highest BCUT2D eigenvalue weighted by Crippen LogP contribution is 2.33. The number of ketones is 1. The van der Waals surface area contributed by atoms with Crippen LogP contribution in [-0.4, -0.2) is 18.4 Å². The molecule has 0 aromatic heterocycles. The molecule has 2 rings (SSSR count). The van der Waals surface area contributed by atoms with Crippen LogP contribution in [0, 0.1) is 11.3 Å². The molecule has 0 aliphatic heterocycles. The van der Waals surface area contributed by atoms with Crippen molar-refractivity contribution in [2.75, 3.05) is 11.4 Å². The third-order valence-corrected chi connectivity index (χ3v) is 3.77. The van der Waals surface area contributed by atoms with E-state index in [1.807, 2.05) is 18.2 Å². The SMILES string of the molecule is CC(=O)c1ccc(N(CCC#N)C2CC2)cc1Br. The summed E-state index contributed by atoms with van der Waals surface area (Å²) in [6, 6.07) is 8.55. The fourth-order valence-electron chi connectivity index (χ4n) is 2.05. The number of nitriles is 1. The highest BCUT2D eigenvalue weighted by molar-refractivity contribution is 9.10. The Morgan fingerprint density at radius 3 is 2.78 bits per heavy atom. The molecule has 94 valence electrons. The predicted octanol–water partition coefficient (Wildman–Crippen LogP) is 3.53. The van der Waals surface area contributed by atoms with Crippen molar-refractivity contribution < 1.29 is 4.79 Å². The summed E-state index contributed by atoms with van der Waals surface area (Å²) in [6.07, 6.45) is 2.91. The Labute approximate surface area is 116 Å². The summed E-state index contributed by atoms with van der Waals surface area (Å²) in [6.45, 7) is 2.32. The summed E-state index contributed by atoms with van der Waals surface area (Å²) in [5.74, 6) is 0.0587. The topological polar surface area (TPSA) is 44.1 Å². The average molecular weight is 307 g/mol. The van der Waals surface area contributed by atoms with E-state index in [0.29, 0.717) is 18.0 Å². The summed E-state index contributed by atoms with van der Waals surface area (Å²) in [4.78, 5) is 13.6. The van der Waals surface area contributed by atoms with Gasteiger partial charge in [-0.25, -0.2) is 0 Å². The Balaban J connectivity index is 2.23. The minimum absolute atomic E-state index is 0.0587. The lowest BCUT2D eigenvalue weighted by Gasteiger charge is -2.24. The Bertz CT molecular complexity index is 503. The molecule has 0 unspecified atom stereocenters. The van der Waals surface area contributed by atoms with Gasteiger partial charge in [-0.05, 0) is 53.9 Å². The predicted molar refractivity (Wildman–Crippen MR) is 74.7 cm³/mol. The van der Waals surface area contributed by atoms with Gasteiger partial charge in [0.25, 0.3) is 0 Å². The van der Waals surface area contributed by atoms with Gasteiger partial charge in [-0.1, -0.05) is 0 Å². The van der Waals surface area contributed by atoms with Crippen LogP contribution in [-0.2, 0) is 0 Å². The van der Waals surface area contributed by atoms with Gasteiger partial charge in [-0.3, -0.25) is 4.79 Å². The smallest absolute Gasteiger partial charge is 0.160 e. The highest BCUT2D eigenvalue weighted by atomic mass is 79.9. The van der Waals surface area contributed by atoms with Crippen molar-refractivity contribution in [3.63, 3.8) is 0 Å². The van der Waals surface area contributed by atoms with Gasteiger partial charge >= 0.3 is 0 Å². The first-order valence-corrected chi connectivity index (χ1v) is 6.87. The molecule has 0 N–H and O–H groups in total. The molecular weight excluding hydrogens is 292 g/mol. The van der Waals surface area contributed by atoms with Crippen molar-refractivity contribution in [3.05, 3.63) is 28.2 Å². The maximum atomic E-state index is 11.4. The van der Waals surface area contributed by atoms with Crippen molar-refractivity contribution in [3.8, 4) is 6.07 Å². The zero-order valence-corrected chi connectivity index (χ0v) is 11.9. The van der Waals surface area contributed by atoms with Gasteiger partial charge in [0.1, 0.15) is 0 Å². The molecule has 1 aliphatic rings. The van der Waals surface area contributed by atoms with E-state index in [4.69, 9.17) is 5.26 Å². The van der Waals surface area contributed by atoms with Crippen molar-refractivity contribution in [2.45, 2.75) is 32.2 Å². The Hall–Kier alpha value is -1.34. The van der Waals surface area contributed by atoms with Gasteiger partial charge in [0.05, 0.1) is 12.5 Å². The number of anilines is 1. The van der Waals surface area contributed by atoms with E-state index in [2.05, 4.69) is 26.9 Å². The number of rotatable bonds is 5. The maximum absolute atomic E-state index is 11.4. The number of benzene rings is 1. The molecule has 0 atom stereocenters. The van der Waals surface area contributed by atoms with Crippen LogP contribution >= 0.6 is 15.9 Å². The monoisotopic (exact) mass is 306 g/mol. The minimum Gasteiger partial charge on any atom is -0.367 e. The fourth-order valence-corrected chi connectivity index (χ4v) is 2.69. The molecule has 0 saturated heterocycles. The van der Waals surface area contributed by atoms with Crippen LogP contribution in [0.4, 0.5) is 5.69 Å². The molecule has 0 bridgehead atoms. The number of hydrogen-bond donors (Lipinski definition) is 0. The van der Waals surface area contributed by atoms with Crippen LogP contribution in [0.25, 0.3) is 0 Å². The van der Waals surface area contributed by atoms with Crippen molar-refractivity contribution in [2.24, 2.45) is 0 Å². The van der Waals surface area contributed by atoms with Crippen LogP contribution in [0.5, 0.6) is 0 Å². The molecule has 0 radical (unpaired) electrons. The summed E-state index contributed by atoms with van der Waals surface area (Å²) in [7, 11) is 0. The van der Waals surface area contributed by atoms with Gasteiger partial charge in [-0.2, -0.15) is 5.26 Å². The van der Waals surface area contributed by atoms with E-state index in [-0.39, 0.29) is 5.78 Å². The van der Waals surface area contributed by atoms with Gasteiger partial charge < -0.3 is 4.90 Å². The molecule has 1 aliphatic carbocycles. The maximum Gasteiger partial charge on any atom is 0.160 e. The van der Waals surface area contributed by atoms with Crippen molar-refractivity contribution >= 4 is 27.4 Å². The van der Waals surface area contributed by atoms with E-state index in [1.54, 1.807) is 6.92 Å². The zero-order chi connectivity index (χ0) is 13.1. The van der Waals surface area contributed by atoms with E-state index >= 15 is 0 Å². The zero-order valence-electron chi connectivity index (χ0n) is 10.3. The number of carbonyl (C=O) groups excluding carboxylic acids is 1. The van der Waals surface area contributed by atoms with Crippen molar-refractivity contribution in [1.82, 2.24) is 0 Å². The van der Waals surface area contributed by atoms with Gasteiger partial charge in [-0.15, -0.1) is 0 Å². The molecule has 0 spiro atoms. The van der Waals surface area contributed by atoms with Crippen LogP contribution in [0.15, 0.2) is 22.7 Å². The number of Topliss-reactive ketones (excluding diaryl/α,β-unsaturated/α-hetero) is 1. The van der Waals surface area contributed by atoms with Crippen LogP contribution in [0.1, 0.15) is 36.5 Å². The average Bonchev–Trinajstić information content (AvgIpc) is 3.13. The Morgan fingerprint density at radius 2 is 2.28 bits per heavy atom. The molecule has 4 heteroatoms. The second kappa shape index (κ2) is 5.53. The lowest BCUT2D eigenvalue weighted by molar-refractivity contribution is 0.101. The van der Waals surface area contributed by atoms with Crippen LogP contribution < -0.4 is 4.90 Å². The molecule has 1 aromatic rings. The summed E-state index contributed by atoms with van der Waals surface area (Å²) >= 11 is 3.44.